The van der Waals surface area contributed by atoms with E-state index in [1.807, 2.05) is 12.3 Å². The summed E-state index contributed by atoms with van der Waals surface area (Å²) in [6.07, 6.45) is 1.82. The van der Waals surface area contributed by atoms with Gasteiger partial charge in [0.2, 0.25) is 0 Å². The maximum atomic E-state index is 5.36. The summed E-state index contributed by atoms with van der Waals surface area (Å²) in [5, 5.41) is 0. The van der Waals surface area contributed by atoms with E-state index in [9.17, 15) is 0 Å². The smallest absolute Gasteiger partial charge is 0.138 e. The number of rotatable bonds is 2. The molecule has 0 radical (unpaired) electrons. The Bertz CT molecular complexity index is 473. The first kappa shape index (κ1) is 15.6. The Balaban J connectivity index is 2.15. The molecular weight excluding hydrogens is 318 g/mol. The Hall–Kier alpha value is -0.810. The van der Waals surface area contributed by atoms with Crippen molar-refractivity contribution in [1.82, 2.24) is 9.88 Å². The van der Waals surface area contributed by atoms with E-state index in [2.05, 4.69) is 58.4 Å². The molecule has 20 heavy (non-hydrogen) atoms. The molecule has 1 aliphatic rings. The highest BCUT2D eigenvalue weighted by molar-refractivity contribution is 9.10. The molecule has 0 unspecified atom stereocenters. The quantitative estimate of drug-likeness (QED) is 0.826. The van der Waals surface area contributed by atoms with Gasteiger partial charge in [-0.2, -0.15) is 0 Å². The molecule has 2 heterocycles. The number of hydrogen-bond acceptors (Lipinski definition) is 4. The van der Waals surface area contributed by atoms with Crippen LogP contribution < -0.4 is 9.64 Å². The Morgan fingerprint density at radius 1 is 1.35 bits per heavy atom. The van der Waals surface area contributed by atoms with E-state index >= 15 is 0 Å². The molecule has 1 atom stereocenters. The van der Waals surface area contributed by atoms with E-state index in [1.165, 1.54) is 0 Å². The summed E-state index contributed by atoms with van der Waals surface area (Å²) in [6.45, 7) is 12.2. The number of halogens is 1. The molecule has 0 aliphatic carbocycles. The van der Waals surface area contributed by atoms with Gasteiger partial charge >= 0.3 is 0 Å². The number of aromatic nitrogens is 1. The van der Waals surface area contributed by atoms with Crippen LogP contribution in [0.3, 0.4) is 0 Å². The SMILES string of the molecule is COc1cc(N2CCN(C(C)(C)C)C[C@@H]2C)ncc1Br. The summed E-state index contributed by atoms with van der Waals surface area (Å²) in [5.41, 5.74) is 0.227. The van der Waals surface area contributed by atoms with Crippen LogP contribution in [0.5, 0.6) is 5.75 Å². The zero-order valence-corrected chi connectivity index (χ0v) is 14.6. The summed E-state index contributed by atoms with van der Waals surface area (Å²) in [6, 6.07) is 2.45. The van der Waals surface area contributed by atoms with Crippen molar-refractivity contribution in [3.63, 3.8) is 0 Å². The fourth-order valence-electron chi connectivity index (χ4n) is 2.63. The van der Waals surface area contributed by atoms with Crippen LogP contribution in [0, 0.1) is 0 Å². The number of piperazine rings is 1. The summed E-state index contributed by atoms with van der Waals surface area (Å²) in [7, 11) is 1.69. The van der Waals surface area contributed by atoms with Crippen LogP contribution in [0.2, 0.25) is 0 Å². The molecule has 2 rings (SSSR count). The fourth-order valence-corrected chi connectivity index (χ4v) is 3.01. The van der Waals surface area contributed by atoms with Gasteiger partial charge in [-0.25, -0.2) is 4.98 Å². The number of nitrogens with zero attached hydrogens (tertiary/aromatic N) is 3. The lowest BCUT2D eigenvalue weighted by Gasteiger charge is -2.46. The molecule has 1 saturated heterocycles. The number of methoxy groups -OCH3 is 1. The molecule has 1 aromatic heterocycles. The zero-order chi connectivity index (χ0) is 14.9. The van der Waals surface area contributed by atoms with Crippen LogP contribution in [-0.4, -0.2) is 48.2 Å². The van der Waals surface area contributed by atoms with Crippen LogP contribution in [0.25, 0.3) is 0 Å². The third kappa shape index (κ3) is 3.26. The predicted octanol–water partition coefficient (Wildman–Crippen LogP) is 3.16. The van der Waals surface area contributed by atoms with Crippen molar-refractivity contribution in [2.24, 2.45) is 0 Å². The first-order valence-corrected chi connectivity index (χ1v) is 7.83. The monoisotopic (exact) mass is 341 g/mol. The van der Waals surface area contributed by atoms with Gasteiger partial charge < -0.3 is 9.64 Å². The van der Waals surface area contributed by atoms with E-state index in [-0.39, 0.29) is 5.54 Å². The highest BCUT2D eigenvalue weighted by atomic mass is 79.9. The van der Waals surface area contributed by atoms with E-state index in [4.69, 9.17) is 4.74 Å². The molecule has 1 fully saturated rings. The predicted molar refractivity (Wildman–Crippen MR) is 86.6 cm³/mol. The second-order valence-corrected chi connectivity index (χ2v) is 7.19. The number of ether oxygens (including phenoxy) is 1. The highest BCUT2D eigenvalue weighted by Gasteiger charge is 2.30. The van der Waals surface area contributed by atoms with Crippen molar-refractivity contribution >= 4 is 21.7 Å². The topological polar surface area (TPSA) is 28.6 Å². The molecule has 0 amide bonds. The fraction of sp³-hybridized carbons (Fsp3) is 0.667. The second-order valence-electron chi connectivity index (χ2n) is 6.34. The molecule has 0 bridgehead atoms. The van der Waals surface area contributed by atoms with Crippen molar-refractivity contribution in [1.29, 1.82) is 0 Å². The van der Waals surface area contributed by atoms with Crippen LogP contribution in [0.15, 0.2) is 16.7 Å². The van der Waals surface area contributed by atoms with Crippen molar-refractivity contribution in [3.05, 3.63) is 16.7 Å². The largest absolute Gasteiger partial charge is 0.495 e. The number of anilines is 1. The van der Waals surface area contributed by atoms with Crippen LogP contribution in [-0.2, 0) is 0 Å². The Morgan fingerprint density at radius 2 is 2.05 bits per heavy atom. The molecule has 0 aromatic carbocycles. The van der Waals surface area contributed by atoms with Crippen LogP contribution in [0.1, 0.15) is 27.7 Å². The van der Waals surface area contributed by atoms with E-state index in [1.54, 1.807) is 7.11 Å². The normalized spacial score (nSPS) is 21.1. The molecule has 4 nitrogen and oxygen atoms in total. The van der Waals surface area contributed by atoms with Crippen LogP contribution >= 0.6 is 15.9 Å². The van der Waals surface area contributed by atoms with Gasteiger partial charge in [0, 0.05) is 43.5 Å². The van der Waals surface area contributed by atoms with Gasteiger partial charge in [-0.3, -0.25) is 4.90 Å². The Morgan fingerprint density at radius 3 is 2.60 bits per heavy atom. The van der Waals surface area contributed by atoms with Gasteiger partial charge in [-0.05, 0) is 43.6 Å². The van der Waals surface area contributed by atoms with Gasteiger partial charge in [-0.1, -0.05) is 0 Å². The highest BCUT2D eigenvalue weighted by Crippen LogP contribution is 2.30. The van der Waals surface area contributed by atoms with Gasteiger partial charge in [0.15, 0.2) is 0 Å². The van der Waals surface area contributed by atoms with Crippen molar-refractivity contribution in [3.8, 4) is 5.75 Å². The summed E-state index contributed by atoms with van der Waals surface area (Å²) < 4.78 is 6.26. The van der Waals surface area contributed by atoms with Gasteiger partial charge in [0.25, 0.3) is 0 Å². The minimum Gasteiger partial charge on any atom is -0.495 e. The Labute approximate surface area is 130 Å². The average molecular weight is 342 g/mol. The third-order valence-electron chi connectivity index (χ3n) is 3.90. The first-order valence-electron chi connectivity index (χ1n) is 7.04. The van der Waals surface area contributed by atoms with E-state index in [0.29, 0.717) is 6.04 Å². The standard InChI is InChI=1S/C15H24BrN3O/c1-11-10-18(15(2,3)4)6-7-19(11)14-8-13(20-5)12(16)9-17-14/h8-9,11H,6-7,10H2,1-5H3/t11-/m0/s1. The van der Waals surface area contributed by atoms with E-state index < -0.39 is 0 Å². The molecule has 1 aromatic rings. The van der Waals surface area contributed by atoms with Gasteiger partial charge in [-0.15, -0.1) is 0 Å². The molecule has 5 heteroatoms. The lowest BCUT2D eigenvalue weighted by atomic mass is 10.0. The molecule has 1 aliphatic heterocycles. The minimum atomic E-state index is 0.227. The van der Waals surface area contributed by atoms with E-state index in [0.717, 1.165) is 35.7 Å². The Kier molecular flexibility index (Phi) is 4.59. The van der Waals surface area contributed by atoms with Crippen molar-refractivity contribution in [2.45, 2.75) is 39.3 Å². The van der Waals surface area contributed by atoms with Crippen molar-refractivity contribution < 1.29 is 4.74 Å². The summed E-state index contributed by atoms with van der Waals surface area (Å²) >= 11 is 3.45. The zero-order valence-electron chi connectivity index (χ0n) is 13.0. The molecule has 112 valence electrons. The summed E-state index contributed by atoms with van der Waals surface area (Å²) in [4.78, 5) is 9.42. The molecule has 0 saturated carbocycles. The molecule has 0 spiro atoms. The minimum absolute atomic E-state index is 0.227. The third-order valence-corrected chi connectivity index (χ3v) is 4.49. The number of hydrogen-bond donors (Lipinski definition) is 0. The lowest BCUT2D eigenvalue weighted by Crippen LogP contribution is -2.57. The van der Waals surface area contributed by atoms with Crippen LogP contribution in [0.4, 0.5) is 5.82 Å². The molecule has 0 N–H and O–H groups in total. The molecular formula is C15H24BrN3O. The first-order chi connectivity index (χ1) is 9.32. The maximum absolute atomic E-state index is 5.36. The lowest BCUT2D eigenvalue weighted by molar-refractivity contribution is 0.112. The second kappa shape index (κ2) is 5.90. The number of pyridine rings is 1. The van der Waals surface area contributed by atoms with Gasteiger partial charge in [0.1, 0.15) is 11.6 Å². The van der Waals surface area contributed by atoms with Gasteiger partial charge in [0.05, 0.1) is 11.6 Å². The van der Waals surface area contributed by atoms with Crippen molar-refractivity contribution in [2.75, 3.05) is 31.6 Å². The average Bonchev–Trinajstić information content (AvgIpc) is 2.38. The summed E-state index contributed by atoms with van der Waals surface area (Å²) in [5.74, 6) is 1.83. The maximum Gasteiger partial charge on any atom is 0.138 e.